The Balaban J connectivity index is 1.84. The number of aliphatic carboxylic acids is 1. The molecule has 1 amide bonds. The highest BCUT2D eigenvalue weighted by atomic mass is 79.9. The first-order chi connectivity index (χ1) is 9.90. The summed E-state index contributed by atoms with van der Waals surface area (Å²) < 4.78 is 6.26. The minimum atomic E-state index is -1.72. The molecule has 2 N–H and O–H groups in total. The van der Waals surface area contributed by atoms with Gasteiger partial charge in [0.1, 0.15) is 5.75 Å². The van der Waals surface area contributed by atoms with Crippen LogP contribution in [0.15, 0.2) is 28.7 Å². The van der Waals surface area contributed by atoms with Crippen molar-refractivity contribution < 1.29 is 24.5 Å². The van der Waals surface area contributed by atoms with E-state index in [9.17, 15) is 14.7 Å². The monoisotopic (exact) mass is 357 g/mol. The summed E-state index contributed by atoms with van der Waals surface area (Å²) in [6.07, 6.45) is 0.0654. The van der Waals surface area contributed by atoms with E-state index in [0.29, 0.717) is 5.75 Å². The fraction of sp³-hybridized carbons (Fsp3) is 0.429. The van der Waals surface area contributed by atoms with Crippen LogP contribution in [0.1, 0.15) is 12.8 Å². The second-order valence-electron chi connectivity index (χ2n) is 4.96. The number of benzene rings is 1. The molecule has 1 fully saturated rings. The Kier molecular flexibility index (Phi) is 4.84. The van der Waals surface area contributed by atoms with Gasteiger partial charge in [0.05, 0.1) is 0 Å². The van der Waals surface area contributed by atoms with Crippen molar-refractivity contribution in [3.05, 3.63) is 28.7 Å². The van der Waals surface area contributed by atoms with Gasteiger partial charge >= 0.3 is 5.97 Å². The molecule has 1 saturated heterocycles. The molecule has 2 rings (SSSR count). The molecule has 0 bridgehead atoms. The molecule has 0 radical (unpaired) electrons. The van der Waals surface area contributed by atoms with Crippen molar-refractivity contribution in [3.8, 4) is 5.75 Å². The fourth-order valence-electron chi connectivity index (χ4n) is 2.13. The van der Waals surface area contributed by atoms with Gasteiger partial charge in [0.2, 0.25) is 0 Å². The minimum absolute atomic E-state index is 0.0327. The Morgan fingerprint density at radius 2 is 2.00 bits per heavy atom. The number of carbonyl (C=O) groups excluding carboxylic acids is 1. The lowest BCUT2D eigenvalue weighted by molar-refractivity contribution is -0.165. The standard InChI is InChI=1S/C14H16BrNO5/c15-10-2-1-3-11(8-10)21-9-12(17)16-6-4-14(20,5-7-16)13(18)19/h1-3,8,20H,4-7,9H2,(H,18,19). The SMILES string of the molecule is O=C(COc1cccc(Br)c1)N1CCC(O)(C(=O)O)CC1. The number of aliphatic hydroxyl groups is 1. The molecule has 1 aliphatic heterocycles. The first kappa shape index (κ1) is 15.8. The summed E-state index contributed by atoms with van der Waals surface area (Å²) >= 11 is 3.31. The van der Waals surface area contributed by atoms with E-state index in [1.54, 1.807) is 18.2 Å². The van der Waals surface area contributed by atoms with Crippen LogP contribution >= 0.6 is 15.9 Å². The summed E-state index contributed by atoms with van der Waals surface area (Å²) in [4.78, 5) is 24.4. The number of amides is 1. The van der Waals surface area contributed by atoms with Crippen molar-refractivity contribution in [2.24, 2.45) is 0 Å². The highest BCUT2D eigenvalue weighted by Crippen LogP contribution is 2.23. The van der Waals surface area contributed by atoms with Gasteiger partial charge in [0, 0.05) is 30.4 Å². The van der Waals surface area contributed by atoms with E-state index in [-0.39, 0.29) is 38.4 Å². The third kappa shape index (κ3) is 3.95. The quantitative estimate of drug-likeness (QED) is 0.847. The molecule has 0 unspecified atom stereocenters. The van der Waals surface area contributed by atoms with Gasteiger partial charge in [-0.15, -0.1) is 0 Å². The van der Waals surface area contributed by atoms with Crippen molar-refractivity contribution in [2.75, 3.05) is 19.7 Å². The number of halogens is 1. The van der Waals surface area contributed by atoms with Crippen LogP contribution < -0.4 is 4.74 Å². The van der Waals surface area contributed by atoms with Gasteiger partial charge in [-0.2, -0.15) is 0 Å². The van der Waals surface area contributed by atoms with Crippen LogP contribution in [0, 0.1) is 0 Å². The van der Waals surface area contributed by atoms with Crippen molar-refractivity contribution >= 4 is 27.8 Å². The van der Waals surface area contributed by atoms with E-state index in [2.05, 4.69) is 15.9 Å². The number of likely N-dealkylation sites (tertiary alicyclic amines) is 1. The maximum Gasteiger partial charge on any atom is 0.335 e. The predicted molar refractivity (Wildman–Crippen MR) is 78.0 cm³/mol. The lowest BCUT2D eigenvalue weighted by atomic mass is 9.92. The molecule has 1 aliphatic rings. The van der Waals surface area contributed by atoms with Crippen LogP contribution in [0.5, 0.6) is 5.75 Å². The Morgan fingerprint density at radius 1 is 1.33 bits per heavy atom. The van der Waals surface area contributed by atoms with Gasteiger partial charge in [0.25, 0.3) is 5.91 Å². The molecule has 114 valence electrons. The molecule has 0 atom stereocenters. The number of hydrogen-bond acceptors (Lipinski definition) is 4. The number of nitrogens with zero attached hydrogens (tertiary/aromatic N) is 1. The number of piperidine rings is 1. The van der Waals surface area contributed by atoms with E-state index in [1.165, 1.54) is 4.90 Å². The van der Waals surface area contributed by atoms with Crippen molar-refractivity contribution in [1.29, 1.82) is 0 Å². The number of carboxylic acid groups (broad SMARTS) is 1. The molecule has 0 saturated carbocycles. The summed E-state index contributed by atoms with van der Waals surface area (Å²) in [5, 5.41) is 18.7. The topological polar surface area (TPSA) is 87.1 Å². The van der Waals surface area contributed by atoms with Gasteiger partial charge < -0.3 is 19.8 Å². The van der Waals surface area contributed by atoms with Gasteiger partial charge in [-0.05, 0) is 18.2 Å². The van der Waals surface area contributed by atoms with Gasteiger partial charge in [0.15, 0.2) is 12.2 Å². The first-order valence-corrected chi connectivity index (χ1v) is 7.32. The zero-order valence-electron chi connectivity index (χ0n) is 11.3. The average molecular weight is 358 g/mol. The lowest BCUT2D eigenvalue weighted by Crippen LogP contribution is -2.51. The molecule has 6 nitrogen and oxygen atoms in total. The molecule has 21 heavy (non-hydrogen) atoms. The fourth-order valence-corrected chi connectivity index (χ4v) is 2.51. The summed E-state index contributed by atoms with van der Waals surface area (Å²) in [6, 6.07) is 7.16. The molecule has 0 spiro atoms. The van der Waals surface area contributed by atoms with Crippen LogP contribution in [-0.2, 0) is 9.59 Å². The molecule has 1 aromatic carbocycles. The molecule has 7 heteroatoms. The second kappa shape index (κ2) is 6.44. The third-order valence-corrected chi connectivity index (χ3v) is 3.99. The van der Waals surface area contributed by atoms with Crippen LogP contribution in [0.25, 0.3) is 0 Å². The molecule has 1 heterocycles. The van der Waals surface area contributed by atoms with Crippen LogP contribution in [0.4, 0.5) is 0 Å². The molecule has 0 aliphatic carbocycles. The smallest absolute Gasteiger partial charge is 0.335 e. The Labute approximate surface area is 130 Å². The largest absolute Gasteiger partial charge is 0.484 e. The number of rotatable bonds is 4. The number of hydrogen-bond donors (Lipinski definition) is 2. The van der Waals surface area contributed by atoms with E-state index in [4.69, 9.17) is 9.84 Å². The maximum absolute atomic E-state index is 12.0. The lowest BCUT2D eigenvalue weighted by Gasteiger charge is -2.35. The zero-order chi connectivity index (χ0) is 15.5. The van der Waals surface area contributed by atoms with E-state index in [1.807, 2.05) is 6.07 Å². The van der Waals surface area contributed by atoms with Gasteiger partial charge in [-0.1, -0.05) is 22.0 Å². The second-order valence-corrected chi connectivity index (χ2v) is 5.88. The van der Waals surface area contributed by atoms with Crippen LogP contribution in [-0.4, -0.2) is 52.3 Å². The normalized spacial score (nSPS) is 17.3. The van der Waals surface area contributed by atoms with Crippen LogP contribution in [0.3, 0.4) is 0 Å². The number of carbonyl (C=O) groups is 2. The van der Waals surface area contributed by atoms with Crippen LogP contribution in [0.2, 0.25) is 0 Å². The summed E-state index contributed by atoms with van der Waals surface area (Å²) in [5.74, 6) is -0.876. The number of ether oxygens (including phenoxy) is 1. The molecular weight excluding hydrogens is 342 g/mol. The Bertz CT molecular complexity index is 540. The highest BCUT2D eigenvalue weighted by Gasteiger charge is 2.40. The van der Waals surface area contributed by atoms with Crippen molar-refractivity contribution in [3.63, 3.8) is 0 Å². The number of carboxylic acids is 1. The summed E-state index contributed by atoms with van der Waals surface area (Å²) in [7, 11) is 0. The van der Waals surface area contributed by atoms with Gasteiger partial charge in [-0.25, -0.2) is 4.79 Å². The zero-order valence-corrected chi connectivity index (χ0v) is 12.9. The van der Waals surface area contributed by atoms with Crippen molar-refractivity contribution in [1.82, 2.24) is 4.90 Å². The van der Waals surface area contributed by atoms with E-state index in [0.717, 1.165) is 4.47 Å². The molecule has 0 aromatic heterocycles. The minimum Gasteiger partial charge on any atom is -0.484 e. The molecular formula is C14H16BrNO5. The van der Waals surface area contributed by atoms with E-state index < -0.39 is 11.6 Å². The Hall–Kier alpha value is -1.60. The highest BCUT2D eigenvalue weighted by molar-refractivity contribution is 9.10. The van der Waals surface area contributed by atoms with Gasteiger partial charge in [-0.3, -0.25) is 4.79 Å². The third-order valence-electron chi connectivity index (χ3n) is 3.50. The maximum atomic E-state index is 12.0. The Morgan fingerprint density at radius 3 is 2.57 bits per heavy atom. The average Bonchev–Trinajstić information content (AvgIpc) is 2.45. The predicted octanol–water partition coefficient (Wildman–Crippen LogP) is 1.27. The first-order valence-electron chi connectivity index (χ1n) is 6.53. The van der Waals surface area contributed by atoms with Crippen molar-refractivity contribution in [2.45, 2.75) is 18.4 Å². The van der Waals surface area contributed by atoms with E-state index >= 15 is 0 Å². The molecule has 1 aromatic rings. The summed E-state index contributed by atoms with van der Waals surface area (Å²) in [5.41, 5.74) is -1.72. The summed E-state index contributed by atoms with van der Waals surface area (Å²) in [6.45, 7) is 0.314.